The summed E-state index contributed by atoms with van der Waals surface area (Å²) >= 11 is 0. The van der Waals surface area contributed by atoms with Crippen molar-refractivity contribution in [2.45, 2.75) is 134 Å². The molecule has 0 amide bonds. The normalized spacial score (nSPS) is 14.9. The van der Waals surface area contributed by atoms with Crippen LogP contribution in [-0.4, -0.2) is 0 Å². The van der Waals surface area contributed by atoms with Crippen LogP contribution in [0.1, 0.15) is 174 Å². The van der Waals surface area contributed by atoms with Crippen molar-refractivity contribution in [3.63, 3.8) is 0 Å². The van der Waals surface area contributed by atoms with Gasteiger partial charge in [0.05, 0.1) is 5.41 Å². The Balaban J connectivity index is 0.853. The van der Waals surface area contributed by atoms with E-state index in [1.54, 1.807) is 0 Å². The Bertz CT molecular complexity index is 6080. The van der Waals surface area contributed by atoms with Gasteiger partial charge in [-0.1, -0.05) is 274 Å². The molecule has 0 N–H and O–H groups in total. The van der Waals surface area contributed by atoms with Crippen LogP contribution in [0.5, 0.6) is 0 Å². The highest BCUT2D eigenvalue weighted by Gasteiger charge is 2.54. The van der Waals surface area contributed by atoms with Gasteiger partial charge in [0.2, 0.25) is 0 Å². The van der Waals surface area contributed by atoms with Gasteiger partial charge in [-0.05, 0) is 330 Å². The molecular weight excluding hydrogens is 1460 g/mol. The minimum Gasteiger partial charge on any atom is -0.310 e. The highest BCUT2D eigenvalue weighted by atomic mass is 15.2. The Morgan fingerprint density at radius 1 is 0.140 bits per heavy atom. The first-order valence-electron chi connectivity index (χ1n) is 44.5. The second kappa shape index (κ2) is 28.5. The van der Waals surface area contributed by atoms with E-state index in [2.05, 4.69) is 439 Å². The van der Waals surface area contributed by atoms with E-state index in [1.807, 2.05) is 0 Å². The van der Waals surface area contributed by atoms with Crippen LogP contribution < -0.4 is 19.6 Å². The molecule has 1 spiro atoms. The highest BCUT2D eigenvalue weighted by Crippen LogP contribution is 2.68. The highest BCUT2D eigenvalue weighted by molar-refractivity contribution is 6.02. The summed E-state index contributed by atoms with van der Waals surface area (Å²) in [7, 11) is 0. The number of hydrogen-bond donors (Lipinski definition) is 0. The Morgan fingerprint density at radius 2 is 0.289 bits per heavy atom. The van der Waals surface area contributed by atoms with Crippen molar-refractivity contribution in [1.82, 2.24) is 0 Å². The topological polar surface area (TPSA) is 13.0 Å². The molecule has 121 heavy (non-hydrogen) atoms. The van der Waals surface area contributed by atoms with E-state index in [9.17, 15) is 0 Å². The minimum absolute atomic E-state index is 0.171. The number of rotatable bonds is 20. The molecule has 0 heterocycles. The maximum absolute atomic E-state index is 2.66. The maximum atomic E-state index is 2.66. The molecule has 0 unspecified atom stereocenters. The second-order valence-electron chi connectivity index (χ2n) is 34.6. The predicted molar refractivity (Wildman–Crippen MR) is 509 cm³/mol. The molecule has 16 aromatic rings. The molecule has 0 bridgehead atoms. The molecule has 0 aromatic heterocycles. The van der Waals surface area contributed by atoms with Gasteiger partial charge in [-0.25, -0.2) is 0 Å². The van der Waals surface area contributed by atoms with Crippen LogP contribution in [-0.2, 0) is 27.1 Å². The van der Waals surface area contributed by atoms with Crippen molar-refractivity contribution < 1.29 is 0 Å². The van der Waals surface area contributed by atoms with Crippen molar-refractivity contribution >= 4 is 68.2 Å². The van der Waals surface area contributed by atoms with Gasteiger partial charge in [0.1, 0.15) is 0 Å². The van der Waals surface area contributed by atoms with E-state index in [0.29, 0.717) is 0 Å². The summed E-state index contributed by atoms with van der Waals surface area (Å²) in [6.45, 7) is 19.3. The molecule has 0 radical (unpaired) electrons. The molecular formula is C117H100N4. The Labute approximate surface area is 714 Å². The van der Waals surface area contributed by atoms with Gasteiger partial charge in [0, 0.05) is 89.9 Å². The van der Waals surface area contributed by atoms with Crippen molar-refractivity contribution in [3.05, 3.63) is 431 Å². The summed E-state index contributed by atoms with van der Waals surface area (Å²) in [5, 5.41) is 0. The molecule has 0 saturated carbocycles. The number of benzene rings is 16. The molecule has 16 aromatic carbocycles. The van der Waals surface area contributed by atoms with E-state index in [-0.39, 0.29) is 21.7 Å². The lowest BCUT2D eigenvalue weighted by Crippen LogP contribution is -2.27. The molecule has 0 atom stereocenters. The lowest BCUT2D eigenvalue weighted by Gasteiger charge is -2.36. The Hall–Kier alpha value is -13.3. The summed E-state index contributed by atoms with van der Waals surface area (Å²) in [5.74, 6) is 0. The van der Waals surface area contributed by atoms with Crippen LogP contribution in [0, 0.1) is 0 Å². The van der Waals surface area contributed by atoms with Gasteiger partial charge in [-0.3, -0.25) is 0 Å². The predicted octanol–water partition coefficient (Wildman–Crippen LogP) is 32.3. The lowest BCUT2D eigenvalue weighted by atomic mass is 9.70. The third kappa shape index (κ3) is 10.4. The number of para-hydroxylation sites is 4. The number of hydrogen-bond acceptors (Lipinski definition) is 4. The fourth-order valence-electron chi connectivity index (χ4n) is 24.2. The molecule has 22 rings (SSSR count). The van der Waals surface area contributed by atoms with Crippen LogP contribution in [0.15, 0.2) is 364 Å². The number of nitrogens with zero attached hydrogens (tertiary/aromatic N) is 4. The first kappa shape index (κ1) is 74.0. The maximum Gasteiger partial charge on any atom is 0.0728 e. The van der Waals surface area contributed by atoms with Gasteiger partial charge in [-0.2, -0.15) is 0 Å². The van der Waals surface area contributed by atoms with Crippen molar-refractivity contribution in [1.29, 1.82) is 0 Å². The van der Waals surface area contributed by atoms with Gasteiger partial charge in [-0.15, -0.1) is 0 Å². The Kier molecular flexibility index (Phi) is 17.4. The average Bonchev–Trinajstić information content (AvgIpc) is 1.50. The summed E-state index contributed by atoms with van der Waals surface area (Å²) in [6.07, 6.45) is 7.90. The zero-order chi connectivity index (χ0) is 81.7. The molecule has 4 heteroatoms. The molecule has 4 nitrogen and oxygen atoms in total. The number of fused-ring (bicyclic) bond motifs is 22. The van der Waals surface area contributed by atoms with Crippen LogP contribution in [0.4, 0.5) is 68.2 Å². The van der Waals surface area contributed by atoms with E-state index in [1.165, 1.54) is 134 Å². The summed E-state index contributed by atoms with van der Waals surface area (Å²) in [4.78, 5) is 10.3. The summed E-state index contributed by atoms with van der Waals surface area (Å²) in [6, 6.07) is 141. The van der Waals surface area contributed by atoms with E-state index >= 15 is 0 Å². The molecule has 588 valence electrons. The van der Waals surface area contributed by atoms with Crippen LogP contribution >= 0.6 is 0 Å². The second-order valence-corrected chi connectivity index (χ2v) is 34.6. The van der Waals surface area contributed by atoms with Crippen molar-refractivity contribution in [3.8, 4) is 66.8 Å². The van der Waals surface area contributed by atoms with Crippen molar-refractivity contribution in [2.24, 2.45) is 0 Å². The van der Waals surface area contributed by atoms with Gasteiger partial charge >= 0.3 is 0 Å². The van der Waals surface area contributed by atoms with Gasteiger partial charge in [0.25, 0.3) is 0 Å². The minimum atomic E-state index is -0.973. The fraction of sp³-hybridized carbons (Fsp3) is 0.179. The number of anilines is 12. The zero-order valence-electron chi connectivity index (χ0n) is 70.6. The average molecular weight is 1560 g/mol. The smallest absolute Gasteiger partial charge is 0.0728 e. The fourth-order valence-corrected chi connectivity index (χ4v) is 24.2. The molecule has 6 aliphatic carbocycles. The zero-order valence-corrected chi connectivity index (χ0v) is 70.6. The third-order valence-electron chi connectivity index (χ3n) is 30.2. The van der Waals surface area contributed by atoms with E-state index in [0.717, 1.165) is 120 Å². The monoisotopic (exact) mass is 1560 g/mol. The summed E-state index contributed by atoms with van der Waals surface area (Å²) in [5.41, 5.74) is 43.6. The Morgan fingerprint density at radius 3 is 0.479 bits per heavy atom. The first-order chi connectivity index (χ1) is 59.5. The molecule has 0 saturated heterocycles. The van der Waals surface area contributed by atoms with E-state index in [4.69, 9.17) is 0 Å². The largest absolute Gasteiger partial charge is 0.310 e. The standard InChI is InChI=1S/C117H100N4/c1-9-113(10-2)101-49-33-29-45-89(101)93-61-53-81(69-105(93)113)120(82-54-62-94-90-46-30-34-50-102(90)114(11-3,12-4)106(94)70-82)87-59-67-99-100-68-60-88(121(83-55-63-95-91-47-31-35-51-103(91)115(13-5,14-6)107(95)71-83)84-56-64-96-92-48-32-36-52-104(92)116(15-7,16-8)108(96)72-84)76-112(100)117(111(99)75-87)109-73-85(118(77-37-21-17-22-38-77)78-39-23-18-24-40-78)57-65-97(109)98-66-58-86(74-110(98)117)119(79-41-25-19-26-42-79)80-43-27-20-28-44-80/h17-76H,9-16H2,1-8H3. The van der Waals surface area contributed by atoms with Gasteiger partial charge in [0.15, 0.2) is 0 Å². The van der Waals surface area contributed by atoms with Crippen molar-refractivity contribution in [2.75, 3.05) is 19.6 Å². The van der Waals surface area contributed by atoms with Crippen LogP contribution in [0.25, 0.3) is 66.8 Å². The van der Waals surface area contributed by atoms with Gasteiger partial charge < -0.3 is 19.6 Å². The van der Waals surface area contributed by atoms with E-state index < -0.39 is 5.41 Å². The van der Waals surface area contributed by atoms with Crippen LogP contribution in [0.2, 0.25) is 0 Å². The third-order valence-corrected chi connectivity index (χ3v) is 30.2. The quantitative estimate of drug-likeness (QED) is 0.0754. The molecule has 6 aliphatic rings. The first-order valence-corrected chi connectivity index (χ1v) is 44.5. The molecule has 0 fully saturated rings. The van der Waals surface area contributed by atoms with Crippen LogP contribution in [0.3, 0.4) is 0 Å². The lowest BCUT2D eigenvalue weighted by molar-refractivity contribution is 0.490. The molecule has 0 aliphatic heterocycles. The SMILES string of the molecule is CCC1(CC)c2ccccc2-c2ccc(N(c3ccc4c(c3)C(CC)(CC)c3ccccc3-4)c3ccc4c(c3)C3(c5cc(N(c6ccccc6)c6ccccc6)ccc5-c5ccc(N(c6ccccc6)c6ccccc6)cc53)c3cc(N(c5ccc6c(c5)C(CC)(CC)c5ccccc5-6)c5ccc6c(c5)C(CC)(CC)c5ccccc5-6)ccc3-4)cc21. The summed E-state index contributed by atoms with van der Waals surface area (Å²) < 4.78 is 0.